The van der Waals surface area contributed by atoms with Crippen LogP contribution in [0.1, 0.15) is 45.1 Å². The molecule has 88 valence electrons. The van der Waals surface area contributed by atoms with E-state index in [-0.39, 0.29) is 0 Å². The minimum Gasteiger partial charge on any atom is -0.355 e. The van der Waals surface area contributed by atoms with Crippen LogP contribution < -0.4 is 5.32 Å². The molecule has 16 heavy (non-hydrogen) atoms. The molecule has 2 aliphatic rings. The van der Waals surface area contributed by atoms with E-state index < -0.39 is 0 Å². The third-order valence-corrected chi connectivity index (χ3v) is 4.19. The maximum Gasteiger partial charge on any atom is 0.203 e. The molecular formula is C13H21N3. The van der Waals surface area contributed by atoms with Crippen LogP contribution in [0.3, 0.4) is 0 Å². The molecule has 1 aromatic heterocycles. The molecule has 0 amide bonds. The zero-order chi connectivity index (χ0) is 11.0. The second-order valence-electron chi connectivity index (χ2n) is 5.45. The molecular weight excluding hydrogens is 198 g/mol. The van der Waals surface area contributed by atoms with E-state index in [1.165, 1.54) is 32.1 Å². The van der Waals surface area contributed by atoms with Crippen molar-refractivity contribution >= 4 is 5.95 Å². The van der Waals surface area contributed by atoms with Gasteiger partial charge < -0.3 is 9.88 Å². The molecule has 0 spiro atoms. The first-order valence-corrected chi connectivity index (χ1v) is 6.61. The Kier molecular flexibility index (Phi) is 2.62. The minimum absolute atomic E-state index is 0.696. The summed E-state index contributed by atoms with van der Waals surface area (Å²) in [4.78, 5) is 4.44. The highest BCUT2D eigenvalue weighted by Gasteiger charge is 2.32. The average Bonchev–Trinajstić information content (AvgIpc) is 2.81. The summed E-state index contributed by atoms with van der Waals surface area (Å²) >= 11 is 0. The first kappa shape index (κ1) is 10.2. The first-order chi connectivity index (χ1) is 7.84. The van der Waals surface area contributed by atoms with E-state index in [2.05, 4.69) is 28.0 Å². The van der Waals surface area contributed by atoms with Gasteiger partial charge in [-0.1, -0.05) is 19.8 Å². The van der Waals surface area contributed by atoms with Crippen LogP contribution in [0.15, 0.2) is 12.4 Å². The maximum atomic E-state index is 4.44. The Balaban J connectivity index is 1.62. The van der Waals surface area contributed by atoms with Crippen molar-refractivity contribution < 1.29 is 0 Å². The molecule has 0 aromatic carbocycles. The molecule has 2 atom stereocenters. The van der Waals surface area contributed by atoms with Gasteiger partial charge in [-0.3, -0.25) is 0 Å². The van der Waals surface area contributed by atoms with Gasteiger partial charge in [-0.05, 0) is 31.1 Å². The van der Waals surface area contributed by atoms with E-state index in [1.807, 2.05) is 6.20 Å². The highest BCUT2D eigenvalue weighted by molar-refractivity contribution is 5.27. The largest absolute Gasteiger partial charge is 0.355 e. The molecule has 1 aromatic rings. The molecule has 0 radical (unpaired) electrons. The van der Waals surface area contributed by atoms with Crippen LogP contribution >= 0.6 is 0 Å². The molecule has 2 aliphatic carbocycles. The molecule has 2 unspecified atom stereocenters. The van der Waals surface area contributed by atoms with E-state index in [1.54, 1.807) is 0 Å². The van der Waals surface area contributed by atoms with Crippen LogP contribution in [0.5, 0.6) is 0 Å². The van der Waals surface area contributed by atoms with E-state index in [4.69, 9.17) is 0 Å². The molecule has 3 nitrogen and oxygen atoms in total. The summed E-state index contributed by atoms with van der Waals surface area (Å²) < 4.78 is 2.35. The van der Waals surface area contributed by atoms with E-state index in [0.717, 1.165) is 24.3 Å². The predicted molar refractivity (Wildman–Crippen MR) is 65.5 cm³/mol. The van der Waals surface area contributed by atoms with Crippen LogP contribution in [0.2, 0.25) is 0 Å². The molecule has 3 heteroatoms. The summed E-state index contributed by atoms with van der Waals surface area (Å²) in [6.45, 7) is 3.43. The van der Waals surface area contributed by atoms with E-state index >= 15 is 0 Å². The molecule has 0 aliphatic heterocycles. The summed E-state index contributed by atoms with van der Waals surface area (Å²) in [5.74, 6) is 2.89. The van der Waals surface area contributed by atoms with Crippen LogP contribution in [-0.2, 0) is 0 Å². The highest BCUT2D eigenvalue weighted by Crippen LogP contribution is 2.38. The van der Waals surface area contributed by atoms with Crippen molar-refractivity contribution in [2.24, 2.45) is 11.8 Å². The zero-order valence-electron chi connectivity index (χ0n) is 10.0. The second-order valence-corrected chi connectivity index (χ2v) is 5.45. The number of rotatable bonds is 4. The smallest absolute Gasteiger partial charge is 0.203 e. The molecule has 0 bridgehead atoms. The molecule has 2 fully saturated rings. The standard InChI is InChI=1S/C13H21N3/c1-10-8-11(10)9-15-13-14-6-7-16(13)12-4-2-3-5-12/h6-7,10-12H,2-5,8-9H2,1H3,(H,14,15). The van der Waals surface area contributed by atoms with Gasteiger partial charge in [-0.25, -0.2) is 4.98 Å². The Labute approximate surface area is 97.3 Å². The number of anilines is 1. The van der Waals surface area contributed by atoms with Crippen molar-refractivity contribution in [1.82, 2.24) is 9.55 Å². The van der Waals surface area contributed by atoms with Gasteiger partial charge in [-0.15, -0.1) is 0 Å². The highest BCUT2D eigenvalue weighted by atomic mass is 15.2. The SMILES string of the molecule is CC1CC1CNc1nccn1C1CCCC1. The summed E-state index contributed by atoms with van der Waals surface area (Å²) in [6, 6.07) is 0.696. The average molecular weight is 219 g/mol. The zero-order valence-corrected chi connectivity index (χ0v) is 10.0. The number of nitrogens with zero attached hydrogens (tertiary/aromatic N) is 2. The molecule has 0 saturated heterocycles. The Bertz CT molecular complexity index is 352. The van der Waals surface area contributed by atoms with Gasteiger partial charge in [0.1, 0.15) is 0 Å². The lowest BCUT2D eigenvalue weighted by Crippen LogP contribution is -2.13. The summed E-state index contributed by atoms with van der Waals surface area (Å²) in [7, 11) is 0. The third-order valence-electron chi connectivity index (χ3n) is 4.19. The van der Waals surface area contributed by atoms with Crippen LogP contribution in [-0.4, -0.2) is 16.1 Å². The van der Waals surface area contributed by atoms with Crippen molar-refractivity contribution in [2.75, 3.05) is 11.9 Å². The monoisotopic (exact) mass is 219 g/mol. The third kappa shape index (κ3) is 1.95. The Morgan fingerprint density at radius 3 is 2.88 bits per heavy atom. The second kappa shape index (κ2) is 4.11. The number of hydrogen-bond acceptors (Lipinski definition) is 2. The fourth-order valence-corrected chi connectivity index (χ4v) is 2.83. The van der Waals surface area contributed by atoms with Crippen molar-refractivity contribution in [1.29, 1.82) is 0 Å². The van der Waals surface area contributed by atoms with Gasteiger partial charge in [0.2, 0.25) is 5.95 Å². The van der Waals surface area contributed by atoms with Crippen molar-refractivity contribution in [3.05, 3.63) is 12.4 Å². The summed E-state index contributed by atoms with van der Waals surface area (Å²) in [6.07, 6.45) is 10.8. The molecule has 1 N–H and O–H groups in total. The quantitative estimate of drug-likeness (QED) is 0.843. The fraction of sp³-hybridized carbons (Fsp3) is 0.769. The summed E-state index contributed by atoms with van der Waals surface area (Å²) in [5, 5.41) is 3.51. The maximum absolute atomic E-state index is 4.44. The normalized spacial score (nSPS) is 29.6. The topological polar surface area (TPSA) is 29.9 Å². The van der Waals surface area contributed by atoms with Gasteiger partial charge in [0.25, 0.3) is 0 Å². The first-order valence-electron chi connectivity index (χ1n) is 6.61. The van der Waals surface area contributed by atoms with Gasteiger partial charge >= 0.3 is 0 Å². The lowest BCUT2D eigenvalue weighted by Gasteiger charge is -2.15. The Morgan fingerprint density at radius 1 is 1.44 bits per heavy atom. The van der Waals surface area contributed by atoms with Crippen molar-refractivity contribution in [3.8, 4) is 0 Å². The lowest BCUT2D eigenvalue weighted by atomic mass is 10.2. The van der Waals surface area contributed by atoms with Crippen LogP contribution in [0.25, 0.3) is 0 Å². The Morgan fingerprint density at radius 2 is 2.19 bits per heavy atom. The van der Waals surface area contributed by atoms with Gasteiger partial charge in [0.05, 0.1) is 0 Å². The minimum atomic E-state index is 0.696. The van der Waals surface area contributed by atoms with Gasteiger partial charge in [-0.2, -0.15) is 0 Å². The molecule has 2 saturated carbocycles. The van der Waals surface area contributed by atoms with Crippen LogP contribution in [0, 0.1) is 11.8 Å². The fourth-order valence-electron chi connectivity index (χ4n) is 2.83. The van der Waals surface area contributed by atoms with Crippen molar-refractivity contribution in [3.63, 3.8) is 0 Å². The molecule has 3 rings (SSSR count). The van der Waals surface area contributed by atoms with E-state index in [9.17, 15) is 0 Å². The number of imidazole rings is 1. The van der Waals surface area contributed by atoms with Crippen LogP contribution in [0.4, 0.5) is 5.95 Å². The Hall–Kier alpha value is -0.990. The van der Waals surface area contributed by atoms with E-state index in [0.29, 0.717) is 6.04 Å². The lowest BCUT2D eigenvalue weighted by molar-refractivity contribution is 0.522. The predicted octanol–water partition coefficient (Wildman–Crippen LogP) is 3.07. The molecule has 1 heterocycles. The number of hydrogen-bond donors (Lipinski definition) is 1. The van der Waals surface area contributed by atoms with Gasteiger partial charge in [0, 0.05) is 25.0 Å². The van der Waals surface area contributed by atoms with Crippen molar-refractivity contribution in [2.45, 2.75) is 45.1 Å². The number of nitrogens with one attached hydrogen (secondary N) is 1. The van der Waals surface area contributed by atoms with Gasteiger partial charge in [0.15, 0.2) is 0 Å². The number of aromatic nitrogens is 2. The summed E-state index contributed by atoms with van der Waals surface area (Å²) in [5.41, 5.74) is 0.